The molecule has 0 N–H and O–H groups in total. The molecule has 2 nitrogen and oxygen atoms in total. The van der Waals surface area contributed by atoms with Crippen molar-refractivity contribution in [3.05, 3.63) is 35.4 Å². The van der Waals surface area contributed by atoms with Gasteiger partial charge in [-0.25, -0.2) is 0 Å². The monoisotopic (exact) mass is 216 g/mol. The van der Waals surface area contributed by atoms with E-state index in [1.54, 1.807) is 0 Å². The Kier molecular flexibility index (Phi) is 2.17. The Morgan fingerprint density at radius 1 is 1.20 bits per heavy atom. The van der Waals surface area contributed by atoms with Crippen LogP contribution < -0.4 is 0 Å². The van der Waals surface area contributed by atoms with Crippen LogP contribution in [0, 0.1) is 0 Å². The van der Waals surface area contributed by atoms with Gasteiger partial charge in [-0.3, -0.25) is 4.79 Å². The van der Waals surface area contributed by atoms with E-state index in [1.807, 2.05) is 0 Å². The molecule has 1 aromatic carbocycles. The van der Waals surface area contributed by atoms with E-state index in [0.29, 0.717) is 5.56 Å². The van der Waals surface area contributed by atoms with Crippen LogP contribution in [0.25, 0.3) is 0 Å². The van der Waals surface area contributed by atoms with Crippen LogP contribution in [0.4, 0.5) is 13.2 Å². The Labute approximate surface area is 83.7 Å². The van der Waals surface area contributed by atoms with Crippen molar-refractivity contribution in [2.24, 2.45) is 0 Å². The maximum atomic E-state index is 12.2. The molecule has 1 saturated heterocycles. The number of benzene rings is 1. The molecule has 2 rings (SSSR count). The minimum absolute atomic E-state index is 0.241. The summed E-state index contributed by atoms with van der Waals surface area (Å²) in [6.45, 7) is 0. The van der Waals surface area contributed by atoms with Gasteiger partial charge >= 0.3 is 12.1 Å². The molecule has 1 fully saturated rings. The zero-order valence-corrected chi connectivity index (χ0v) is 7.54. The van der Waals surface area contributed by atoms with Crippen LogP contribution in [0.5, 0.6) is 0 Å². The molecule has 1 unspecified atom stereocenters. The molecule has 1 aromatic rings. The number of carbonyl (C=O) groups excluding carboxylic acids is 1. The van der Waals surface area contributed by atoms with Crippen LogP contribution in [-0.4, -0.2) is 5.97 Å². The normalized spacial score (nSPS) is 20.7. The molecular formula is C10H7F3O2. The first-order valence-electron chi connectivity index (χ1n) is 4.33. The quantitative estimate of drug-likeness (QED) is 0.674. The van der Waals surface area contributed by atoms with E-state index < -0.39 is 11.7 Å². The van der Waals surface area contributed by atoms with Gasteiger partial charge in [0.25, 0.3) is 0 Å². The van der Waals surface area contributed by atoms with Gasteiger partial charge < -0.3 is 4.74 Å². The van der Waals surface area contributed by atoms with Crippen molar-refractivity contribution in [2.75, 3.05) is 0 Å². The van der Waals surface area contributed by atoms with Crippen LogP contribution in [0.3, 0.4) is 0 Å². The van der Waals surface area contributed by atoms with Crippen LogP contribution in [-0.2, 0) is 15.7 Å². The van der Waals surface area contributed by atoms with Crippen molar-refractivity contribution >= 4 is 5.97 Å². The summed E-state index contributed by atoms with van der Waals surface area (Å²) in [5.41, 5.74) is -0.0977. The molecule has 0 radical (unpaired) electrons. The van der Waals surface area contributed by atoms with Gasteiger partial charge in [0.15, 0.2) is 0 Å². The molecule has 0 aliphatic carbocycles. The number of ether oxygens (including phenoxy) is 1. The fourth-order valence-corrected chi connectivity index (χ4v) is 1.37. The average Bonchev–Trinajstić information content (AvgIpc) is 2.12. The second-order valence-electron chi connectivity index (χ2n) is 3.30. The molecule has 0 spiro atoms. The molecule has 5 heteroatoms. The summed E-state index contributed by atoms with van der Waals surface area (Å²) in [6, 6.07) is 4.64. The Morgan fingerprint density at radius 2 is 1.73 bits per heavy atom. The van der Waals surface area contributed by atoms with Crippen LogP contribution in [0.15, 0.2) is 24.3 Å². The third kappa shape index (κ3) is 1.95. The summed E-state index contributed by atoms with van der Waals surface area (Å²) >= 11 is 0. The first-order chi connectivity index (χ1) is 6.97. The van der Waals surface area contributed by atoms with Crippen molar-refractivity contribution in [1.29, 1.82) is 0 Å². The van der Waals surface area contributed by atoms with E-state index >= 15 is 0 Å². The van der Waals surface area contributed by atoms with Gasteiger partial charge in [0.1, 0.15) is 6.10 Å². The second-order valence-corrected chi connectivity index (χ2v) is 3.30. The first-order valence-corrected chi connectivity index (χ1v) is 4.33. The maximum absolute atomic E-state index is 12.2. The lowest BCUT2D eigenvalue weighted by Crippen LogP contribution is -2.25. The lowest BCUT2D eigenvalue weighted by atomic mass is 10.0. The molecule has 1 aliphatic rings. The summed E-state index contributed by atoms with van der Waals surface area (Å²) in [5.74, 6) is -0.320. The molecule has 1 aliphatic heterocycles. The lowest BCUT2D eigenvalue weighted by Gasteiger charge is -2.25. The van der Waals surface area contributed by atoms with Gasteiger partial charge in [-0.15, -0.1) is 0 Å². The number of halogens is 3. The highest BCUT2D eigenvalue weighted by Gasteiger charge is 2.32. The van der Waals surface area contributed by atoms with Crippen LogP contribution >= 0.6 is 0 Å². The van der Waals surface area contributed by atoms with E-state index in [1.165, 1.54) is 12.1 Å². The minimum Gasteiger partial charge on any atom is -0.457 e. The largest absolute Gasteiger partial charge is 0.457 e. The fraction of sp³-hybridized carbons (Fsp3) is 0.300. The summed E-state index contributed by atoms with van der Waals surface area (Å²) in [4.78, 5) is 10.5. The van der Waals surface area contributed by atoms with E-state index in [2.05, 4.69) is 0 Å². The molecule has 1 heterocycles. The Balaban J connectivity index is 2.14. The molecule has 0 aromatic heterocycles. The second kappa shape index (κ2) is 3.25. The summed E-state index contributed by atoms with van der Waals surface area (Å²) in [6.07, 6.45) is -4.46. The Hall–Kier alpha value is -1.52. The SMILES string of the molecule is O=C1CC(c2ccc(C(F)(F)F)cc2)O1. The van der Waals surface area contributed by atoms with Crippen LogP contribution in [0.2, 0.25) is 0 Å². The van der Waals surface area contributed by atoms with Crippen molar-refractivity contribution in [2.45, 2.75) is 18.7 Å². The zero-order chi connectivity index (χ0) is 11.1. The fourth-order valence-electron chi connectivity index (χ4n) is 1.37. The number of hydrogen-bond donors (Lipinski definition) is 0. The standard InChI is InChI=1S/C10H7F3O2/c11-10(12,13)7-3-1-6(2-4-7)8-5-9(14)15-8/h1-4,8H,5H2. The zero-order valence-electron chi connectivity index (χ0n) is 7.54. The van der Waals surface area contributed by atoms with E-state index in [0.717, 1.165) is 12.1 Å². The lowest BCUT2D eigenvalue weighted by molar-refractivity contribution is -0.170. The molecule has 15 heavy (non-hydrogen) atoms. The highest BCUT2D eigenvalue weighted by molar-refractivity contribution is 5.75. The molecule has 0 bridgehead atoms. The van der Waals surface area contributed by atoms with Crippen molar-refractivity contribution in [3.63, 3.8) is 0 Å². The smallest absolute Gasteiger partial charge is 0.416 e. The van der Waals surface area contributed by atoms with Gasteiger partial charge in [-0.05, 0) is 17.7 Å². The number of carbonyl (C=O) groups is 1. The molecule has 0 saturated carbocycles. The van der Waals surface area contributed by atoms with Gasteiger partial charge in [-0.1, -0.05) is 12.1 Å². The summed E-state index contributed by atoms with van der Waals surface area (Å²) in [5, 5.41) is 0. The van der Waals surface area contributed by atoms with Crippen molar-refractivity contribution in [1.82, 2.24) is 0 Å². The third-order valence-electron chi connectivity index (χ3n) is 2.24. The molecule has 0 amide bonds. The predicted molar refractivity (Wildman–Crippen MR) is 44.9 cm³/mol. The average molecular weight is 216 g/mol. The van der Waals surface area contributed by atoms with Crippen LogP contribution in [0.1, 0.15) is 23.7 Å². The molecule has 1 atom stereocenters. The number of hydrogen-bond acceptors (Lipinski definition) is 2. The number of alkyl halides is 3. The predicted octanol–water partition coefficient (Wildman–Crippen LogP) is 2.69. The van der Waals surface area contributed by atoms with Crippen molar-refractivity contribution in [3.8, 4) is 0 Å². The summed E-state index contributed by atoms with van der Waals surface area (Å²) in [7, 11) is 0. The summed E-state index contributed by atoms with van der Waals surface area (Å²) < 4.78 is 41.3. The van der Waals surface area contributed by atoms with E-state index in [9.17, 15) is 18.0 Å². The number of rotatable bonds is 1. The first kappa shape index (κ1) is 10.0. The third-order valence-corrected chi connectivity index (χ3v) is 2.24. The maximum Gasteiger partial charge on any atom is 0.416 e. The van der Waals surface area contributed by atoms with E-state index in [4.69, 9.17) is 4.74 Å². The molecular weight excluding hydrogens is 209 g/mol. The van der Waals surface area contributed by atoms with E-state index in [-0.39, 0.29) is 18.5 Å². The van der Waals surface area contributed by atoms with Crippen molar-refractivity contribution < 1.29 is 22.7 Å². The van der Waals surface area contributed by atoms with Gasteiger partial charge in [-0.2, -0.15) is 13.2 Å². The Morgan fingerprint density at radius 3 is 2.13 bits per heavy atom. The minimum atomic E-state index is -4.32. The number of esters is 1. The van der Waals surface area contributed by atoms with Gasteiger partial charge in [0, 0.05) is 0 Å². The molecule has 80 valence electrons. The highest BCUT2D eigenvalue weighted by Crippen LogP contribution is 2.33. The highest BCUT2D eigenvalue weighted by atomic mass is 19.4. The topological polar surface area (TPSA) is 26.3 Å². The van der Waals surface area contributed by atoms with Gasteiger partial charge in [0.05, 0.1) is 12.0 Å². The number of cyclic esters (lactones) is 1. The van der Waals surface area contributed by atoms with Gasteiger partial charge in [0.2, 0.25) is 0 Å². The Bertz CT molecular complexity index is 373.